The maximum Gasteiger partial charge on any atom is 0.245 e. The predicted molar refractivity (Wildman–Crippen MR) is 119 cm³/mol. The van der Waals surface area contributed by atoms with Gasteiger partial charge in [0.25, 0.3) is 0 Å². The summed E-state index contributed by atoms with van der Waals surface area (Å²) in [5.74, 6) is 3.28. The molecule has 7 atom stereocenters. The molecule has 0 aromatic heterocycles. The number of allylic oxidation sites excluding steroid dienone is 1. The third-order valence-corrected chi connectivity index (χ3v) is 10.1. The van der Waals surface area contributed by atoms with E-state index < -0.39 is 5.60 Å². The van der Waals surface area contributed by atoms with E-state index in [0.717, 1.165) is 49.4 Å². The van der Waals surface area contributed by atoms with Gasteiger partial charge in [0.15, 0.2) is 0 Å². The number of nitrogens with zero attached hydrogens (tertiary/aromatic N) is 1. The van der Waals surface area contributed by atoms with E-state index in [1.807, 2.05) is 6.92 Å². The minimum atomic E-state index is -0.506. The number of aliphatic hydroxyl groups is 1. The number of hydroxylamine groups is 2. The van der Waals surface area contributed by atoms with Crippen LogP contribution in [-0.2, 0) is 9.63 Å². The lowest BCUT2D eigenvalue weighted by molar-refractivity contribution is -0.168. The molecule has 0 bridgehead atoms. The second kappa shape index (κ2) is 7.92. The molecule has 0 aromatic carbocycles. The number of fused-ring (bicyclic) bond motifs is 5. The van der Waals surface area contributed by atoms with Crippen molar-refractivity contribution in [3.05, 3.63) is 11.6 Å². The average Bonchev–Trinajstić information content (AvgIpc) is 3.04. The van der Waals surface area contributed by atoms with Crippen LogP contribution in [0.25, 0.3) is 0 Å². The summed E-state index contributed by atoms with van der Waals surface area (Å²) in [6.07, 6.45) is 14.9. The fourth-order valence-electron chi connectivity index (χ4n) is 8.15. The van der Waals surface area contributed by atoms with Crippen molar-refractivity contribution < 1.29 is 14.7 Å². The van der Waals surface area contributed by atoms with Gasteiger partial charge in [-0.3, -0.25) is 9.63 Å². The number of carbonyl (C=O) groups excluding carboxylic acids is 1. The van der Waals surface area contributed by atoms with Crippen LogP contribution in [-0.4, -0.2) is 35.8 Å². The van der Waals surface area contributed by atoms with Crippen molar-refractivity contribution in [1.29, 1.82) is 0 Å². The zero-order chi connectivity index (χ0) is 21.7. The Morgan fingerprint density at radius 3 is 2.67 bits per heavy atom. The summed E-state index contributed by atoms with van der Waals surface area (Å²) in [7, 11) is 3.25. The van der Waals surface area contributed by atoms with Crippen molar-refractivity contribution >= 4 is 5.91 Å². The zero-order valence-electron chi connectivity index (χ0n) is 19.9. The Bertz CT molecular complexity index is 700. The van der Waals surface area contributed by atoms with E-state index >= 15 is 0 Å². The minimum absolute atomic E-state index is 0.0898. The molecule has 170 valence electrons. The van der Waals surface area contributed by atoms with Gasteiger partial charge in [-0.1, -0.05) is 25.5 Å². The van der Waals surface area contributed by atoms with Gasteiger partial charge in [-0.15, -0.1) is 0 Å². The first-order valence-electron chi connectivity index (χ1n) is 12.3. The Kier molecular flexibility index (Phi) is 5.89. The van der Waals surface area contributed by atoms with Gasteiger partial charge in [0, 0.05) is 13.5 Å². The van der Waals surface area contributed by atoms with E-state index in [9.17, 15) is 9.90 Å². The fraction of sp³-hybridized carbons (Fsp3) is 0.885. The molecule has 4 aliphatic carbocycles. The van der Waals surface area contributed by atoms with Gasteiger partial charge in [0.1, 0.15) is 0 Å². The van der Waals surface area contributed by atoms with Gasteiger partial charge in [0.2, 0.25) is 5.91 Å². The van der Waals surface area contributed by atoms with Crippen molar-refractivity contribution in [3.63, 3.8) is 0 Å². The molecule has 30 heavy (non-hydrogen) atoms. The maximum atomic E-state index is 12.1. The highest BCUT2D eigenvalue weighted by atomic mass is 16.7. The molecule has 3 fully saturated rings. The Balaban J connectivity index is 1.44. The lowest BCUT2D eigenvalue weighted by Crippen LogP contribution is -2.51. The smallest absolute Gasteiger partial charge is 0.245 e. The van der Waals surface area contributed by atoms with Gasteiger partial charge in [-0.25, -0.2) is 5.06 Å². The summed E-state index contributed by atoms with van der Waals surface area (Å²) < 4.78 is 0. The van der Waals surface area contributed by atoms with Crippen LogP contribution in [0.1, 0.15) is 91.4 Å². The molecule has 0 heterocycles. The predicted octanol–water partition coefficient (Wildman–Crippen LogP) is 5.51. The molecule has 0 radical (unpaired) electrons. The fourth-order valence-corrected chi connectivity index (χ4v) is 8.15. The van der Waals surface area contributed by atoms with Crippen LogP contribution in [0, 0.1) is 34.5 Å². The molecule has 0 saturated heterocycles. The first-order valence-corrected chi connectivity index (χ1v) is 12.3. The van der Waals surface area contributed by atoms with E-state index in [-0.39, 0.29) is 5.91 Å². The number of amides is 1. The van der Waals surface area contributed by atoms with Gasteiger partial charge in [0.05, 0.1) is 12.7 Å². The largest absolute Gasteiger partial charge is 0.390 e. The SMILES string of the molecule is CON(C)C(=O)CCCC1CCC2C3CC=C4C[C@@](C)(O)CCC4(C)C3CCC12C. The van der Waals surface area contributed by atoms with Gasteiger partial charge in [-0.05, 0) is 106 Å². The number of hydrogen-bond donors (Lipinski definition) is 1. The Morgan fingerprint density at radius 1 is 1.17 bits per heavy atom. The first-order chi connectivity index (χ1) is 14.1. The highest BCUT2D eigenvalue weighted by Gasteiger charge is 2.58. The normalized spacial score (nSPS) is 45.2. The quantitative estimate of drug-likeness (QED) is 0.474. The molecule has 1 amide bonds. The third-order valence-electron chi connectivity index (χ3n) is 10.1. The second-order valence-electron chi connectivity index (χ2n) is 11.7. The summed E-state index contributed by atoms with van der Waals surface area (Å²) in [5, 5.41) is 12.0. The Hall–Kier alpha value is -0.870. The number of carbonyl (C=O) groups is 1. The van der Waals surface area contributed by atoms with Crippen LogP contribution in [0.5, 0.6) is 0 Å². The highest BCUT2D eigenvalue weighted by Crippen LogP contribution is 2.67. The number of rotatable bonds is 5. The summed E-state index contributed by atoms with van der Waals surface area (Å²) >= 11 is 0. The van der Waals surface area contributed by atoms with Crippen LogP contribution in [0.3, 0.4) is 0 Å². The molecule has 0 spiro atoms. The molecule has 0 aliphatic heterocycles. The van der Waals surface area contributed by atoms with Crippen LogP contribution < -0.4 is 0 Å². The molecule has 4 heteroatoms. The highest BCUT2D eigenvalue weighted by molar-refractivity contribution is 5.74. The molecule has 3 saturated carbocycles. The number of hydrogen-bond acceptors (Lipinski definition) is 3. The summed E-state index contributed by atoms with van der Waals surface area (Å²) in [6, 6.07) is 0. The van der Waals surface area contributed by atoms with Crippen molar-refractivity contribution in [2.24, 2.45) is 34.5 Å². The van der Waals surface area contributed by atoms with E-state index in [0.29, 0.717) is 17.3 Å². The minimum Gasteiger partial charge on any atom is -0.390 e. The Labute approximate surface area is 183 Å². The standard InChI is InChI=1S/C26H43NO3/c1-24(29)15-16-26(3)19(17-24)9-11-20-21-12-10-18(25(21,2)14-13-22(20)26)7-6-8-23(28)27(4)30-5/h9,18,20-22,29H,6-8,10-17H2,1-5H3/t18?,20?,21?,22?,24-,25?,26?/m0/s1. The third kappa shape index (κ3) is 3.66. The molecular weight excluding hydrogens is 374 g/mol. The molecular formula is C26H43NO3. The van der Waals surface area contributed by atoms with Crippen molar-refractivity contribution in [2.45, 2.75) is 97.0 Å². The lowest BCUT2D eigenvalue weighted by Gasteiger charge is -2.59. The molecule has 4 rings (SSSR count). The van der Waals surface area contributed by atoms with Crippen molar-refractivity contribution in [3.8, 4) is 0 Å². The molecule has 1 N–H and O–H groups in total. The first kappa shape index (κ1) is 22.3. The van der Waals surface area contributed by atoms with E-state index in [2.05, 4.69) is 19.9 Å². The summed E-state index contributed by atoms with van der Waals surface area (Å²) in [6.45, 7) is 7.11. The van der Waals surface area contributed by atoms with Crippen LogP contribution in [0.4, 0.5) is 0 Å². The van der Waals surface area contributed by atoms with Crippen molar-refractivity contribution in [1.82, 2.24) is 5.06 Å². The second-order valence-corrected chi connectivity index (χ2v) is 11.7. The summed E-state index contributed by atoms with van der Waals surface area (Å²) in [4.78, 5) is 17.1. The summed E-state index contributed by atoms with van der Waals surface area (Å²) in [5.41, 5.74) is 1.80. The zero-order valence-corrected chi connectivity index (χ0v) is 19.9. The van der Waals surface area contributed by atoms with Gasteiger partial charge >= 0.3 is 0 Å². The van der Waals surface area contributed by atoms with E-state index in [1.165, 1.54) is 43.6 Å². The maximum absolute atomic E-state index is 12.1. The Morgan fingerprint density at radius 2 is 1.93 bits per heavy atom. The molecule has 4 nitrogen and oxygen atoms in total. The van der Waals surface area contributed by atoms with Gasteiger partial charge < -0.3 is 5.11 Å². The van der Waals surface area contributed by atoms with Gasteiger partial charge in [-0.2, -0.15) is 0 Å². The van der Waals surface area contributed by atoms with Crippen molar-refractivity contribution in [2.75, 3.05) is 14.2 Å². The lowest BCUT2D eigenvalue weighted by atomic mass is 9.46. The van der Waals surface area contributed by atoms with Crippen LogP contribution >= 0.6 is 0 Å². The topological polar surface area (TPSA) is 49.8 Å². The van der Waals surface area contributed by atoms with E-state index in [4.69, 9.17) is 4.84 Å². The monoisotopic (exact) mass is 417 g/mol. The molecule has 0 aromatic rings. The molecule has 4 aliphatic rings. The van der Waals surface area contributed by atoms with E-state index in [1.54, 1.807) is 19.7 Å². The average molecular weight is 418 g/mol. The van der Waals surface area contributed by atoms with Crippen LogP contribution in [0.2, 0.25) is 0 Å². The van der Waals surface area contributed by atoms with Crippen LogP contribution in [0.15, 0.2) is 11.6 Å². The molecule has 6 unspecified atom stereocenters.